The van der Waals surface area contributed by atoms with Crippen LogP contribution in [0.5, 0.6) is 0 Å². The van der Waals surface area contributed by atoms with E-state index in [9.17, 15) is 0 Å². The molecule has 5 atom stereocenters. The minimum atomic E-state index is -0.0896. The highest BCUT2D eigenvalue weighted by Gasteiger charge is 2.57. The van der Waals surface area contributed by atoms with Gasteiger partial charge in [-0.25, -0.2) is 0 Å². The van der Waals surface area contributed by atoms with Gasteiger partial charge in [0.15, 0.2) is 5.88 Å². The van der Waals surface area contributed by atoms with Crippen LogP contribution in [0.3, 0.4) is 0 Å². The van der Waals surface area contributed by atoms with Crippen LogP contribution in [0.2, 0.25) is 0 Å². The van der Waals surface area contributed by atoms with E-state index in [1.54, 1.807) is 38.9 Å². The summed E-state index contributed by atoms with van der Waals surface area (Å²) < 4.78 is 8.02. The zero-order valence-corrected chi connectivity index (χ0v) is 49.0. The summed E-state index contributed by atoms with van der Waals surface area (Å²) in [6.07, 6.45) is 37.1. The maximum absolute atomic E-state index is 8.02. The second-order valence-electron chi connectivity index (χ2n) is 30.0. The average molecular weight is 997 g/mol. The molecule has 1 aromatic heterocycles. The summed E-state index contributed by atoms with van der Waals surface area (Å²) in [7, 11) is 0. The molecule has 0 spiro atoms. The van der Waals surface area contributed by atoms with Crippen LogP contribution in [0.4, 0.5) is 17.3 Å². The summed E-state index contributed by atoms with van der Waals surface area (Å²) in [4.78, 5) is 5.81. The highest BCUT2D eigenvalue weighted by molar-refractivity contribution is 6.89. The van der Waals surface area contributed by atoms with Gasteiger partial charge in [0, 0.05) is 34.0 Å². The van der Waals surface area contributed by atoms with E-state index < -0.39 is 0 Å². The molecule has 0 radical (unpaired) electrons. The third kappa shape index (κ3) is 7.45. The van der Waals surface area contributed by atoms with Crippen LogP contribution in [0.25, 0.3) is 5.57 Å². The molecule has 3 aromatic rings. The molecular formula is C71H89BN2O. The fourth-order valence-corrected chi connectivity index (χ4v) is 16.9. The van der Waals surface area contributed by atoms with Gasteiger partial charge in [-0.2, -0.15) is 0 Å². The predicted molar refractivity (Wildman–Crippen MR) is 319 cm³/mol. The molecule has 10 aliphatic rings. The van der Waals surface area contributed by atoms with Crippen LogP contribution in [0, 0.1) is 17.8 Å². The van der Waals surface area contributed by atoms with E-state index in [2.05, 4.69) is 193 Å². The van der Waals surface area contributed by atoms with E-state index >= 15 is 0 Å². The molecule has 1 fully saturated rings. The summed E-state index contributed by atoms with van der Waals surface area (Å²) >= 11 is 0. The molecule has 3 nitrogen and oxygen atoms in total. The quantitative estimate of drug-likeness (QED) is 0.243. The molecule has 2 aromatic carbocycles. The Kier molecular flexibility index (Phi) is 11.1. The highest BCUT2D eigenvalue weighted by atomic mass is 16.4. The van der Waals surface area contributed by atoms with Gasteiger partial charge in [0.1, 0.15) is 5.76 Å². The van der Waals surface area contributed by atoms with Crippen molar-refractivity contribution < 1.29 is 4.42 Å². The van der Waals surface area contributed by atoms with Gasteiger partial charge >= 0.3 is 0 Å². The fraction of sp³-hybridized carbons (Fsp3) is 0.549. The number of nitrogens with zero attached hydrogens (tertiary/aromatic N) is 2. The fourth-order valence-electron chi connectivity index (χ4n) is 16.9. The molecular weight excluding hydrogens is 908 g/mol. The molecule has 2 aliphatic heterocycles. The van der Waals surface area contributed by atoms with Crippen LogP contribution >= 0.6 is 0 Å². The number of benzene rings is 2. The Hall–Kier alpha value is -4.70. The first kappa shape index (κ1) is 49.8. The Labute approximate surface area is 453 Å². The van der Waals surface area contributed by atoms with Crippen molar-refractivity contribution in [3.05, 3.63) is 157 Å². The van der Waals surface area contributed by atoms with Crippen molar-refractivity contribution in [1.29, 1.82) is 0 Å². The van der Waals surface area contributed by atoms with E-state index in [0.717, 1.165) is 50.8 Å². The summed E-state index contributed by atoms with van der Waals surface area (Å²) in [6, 6.07) is 11.0. The lowest BCUT2D eigenvalue weighted by Crippen LogP contribution is -2.59. The minimum Gasteiger partial charge on any atom is -0.445 e. The Balaban J connectivity index is 1.17. The summed E-state index contributed by atoms with van der Waals surface area (Å²) in [5.74, 6) is 4.44. The van der Waals surface area contributed by atoms with Crippen molar-refractivity contribution in [2.24, 2.45) is 17.8 Å². The zero-order valence-electron chi connectivity index (χ0n) is 49.0. The largest absolute Gasteiger partial charge is 0.445 e. The van der Waals surface area contributed by atoms with Crippen LogP contribution in [0.15, 0.2) is 117 Å². The maximum atomic E-state index is 8.02. The van der Waals surface area contributed by atoms with Gasteiger partial charge in [-0.15, -0.1) is 0 Å². The van der Waals surface area contributed by atoms with E-state index in [1.807, 2.05) is 0 Å². The first-order valence-corrected chi connectivity index (χ1v) is 30.1. The minimum absolute atomic E-state index is 0.0489. The number of hydrogen-bond acceptors (Lipinski definition) is 3. The number of furan rings is 1. The smallest absolute Gasteiger partial charge is 0.251 e. The molecule has 3 heterocycles. The molecule has 0 saturated heterocycles. The van der Waals surface area contributed by atoms with Gasteiger partial charge in [0.05, 0.1) is 11.7 Å². The lowest BCUT2D eigenvalue weighted by molar-refractivity contribution is 0.278. The van der Waals surface area contributed by atoms with Crippen LogP contribution in [0.1, 0.15) is 238 Å². The monoisotopic (exact) mass is 997 g/mol. The van der Waals surface area contributed by atoms with Gasteiger partial charge in [-0.3, -0.25) is 0 Å². The van der Waals surface area contributed by atoms with Gasteiger partial charge in [0.2, 0.25) is 0 Å². The summed E-state index contributed by atoms with van der Waals surface area (Å²) in [5, 5.41) is 0. The molecule has 13 rings (SSSR count). The third-order valence-electron chi connectivity index (χ3n) is 22.1. The van der Waals surface area contributed by atoms with E-state index in [-0.39, 0.29) is 45.2 Å². The normalized spacial score (nSPS) is 29.8. The number of anilines is 3. The average Bonchev–Trinajstić information content (AvgIpc) is 3.93. The number of rotatable bonds is 4. The molecule has 1 saturated carbocycles. The Morgan fingerprint density at radius 1 is 0.653 bits per heavy atom. The second kappa shape index (κ2) is 16.7. The van der Waals surface area contributed by atoms with E-state index in [4.69, 9.17) is 4.42 Å². The maximum Gasteiger partial charge on any atom is 0.251 e. The first-order valence-electron chi connectivity index (χ1n) is 30.1. The SMILES string of the molecule is CC1=CC2=C3B(C4=C(CC5C(=C4)C(C)CCC5C)N2c2cc4c(cc2C2C=CC=CC2)C(C)(C)CCC4(C)C)c2c(oc4c2C(C)(C)CCC4(C)C)N(c2cc4c(cc2C2=CC=CCC2)C(C)(C)CCC4(C)C)C3C1. The van der Waals surface area contributed by atoms with Crippen molar-refractivity contribution in [2.45, 2.75) is 232 Å². The molecule has 392 valence electrons. The second-order valence-corrected chi connectivity index (χ2v) is 30.0. The van der Waals surface area contributed by atoms with Crippen molar-refractivity contribution in [1.82, 2.24) is 0 Å². The van der Waals surface area contributed by atoms with Crippen molar-refractivity contribution in [3.63, 3.8) is 0 Å². The highest BCUT2D eigenvalue weighted by Crippen LogP contribution is 2.60. The number of hydrogen-bond donors (Lipinski definition) is 0. The van der Waals surface area contributed by atoms with Gasteiger partial charge in [-0.1, -0.05) is 163 Å². The molecule has 8 aliphatic carbocycles. The van der Waals surface area contributed by atoms with Crippen molar-refractivity contribution in [3.8, 4) is 0 Å². The molecule has 5 unspecified atom stereocenters. The third-order valence-corrected chi connectivity index (χ3v) is 22.1. The number of fused-ring (bicyclic) bond motifs is 8. The molecule has 0 N–H and O–H groups in total. The standard InChI is InChI=1S/C71H89BN2O/c1-42-34-59-62-60(35-42)74(57-41-54-52(67(6,7)29-31-69(54,10)11)37-50(57)46-24-20-17-21-25-46)65-63(61-64(75-65)71(14,15)33-32-70(61,12)13)72(62)55-38-47-43(2)26-27-44(3)48(47)39-58(55)73(59)56-40-53-51(66(4,5)28-30-68(53,8)9)36-49(56)45-22-18-16-19-23-45/h16-20,22,24,34,36-38,40-41,43-45,48,60H,21,23,25-33,35,39H2,1-15H3. The van der Waals surface area contributed by atoms with Gasteiger partial charge in [0.25, 0.3) is 6.71 Å². The Morgan fingerprint density at radius 3 is 1.95 bits per heavy atom. The predicted octanol–water partition coefficient (Wildman–Crippen LogP) is 18.4. The topological polar surface area (TPSA) is 19.6 Å². The molecule has 0 amide bonds. The molecule has 4 heteroatoms. The summed E-state index contributed by atoms with van der Waals surface area (Å²) in [5.41, 5.74) is 25.9. The zero-order chi connectivity index (χ0) is 52.7. The van der Waals surface area contributed by atoms with Gasteiger partial charge < -0.3 is 14.2 Å². The lowest BCUT2D eigenvalue weighted by Gasteiger charge is -2.53. The van der Waals surface area contributed by atoms with Crippen LogP contribution < -0.4 is 15.3 Å². The van der Waals surface area contributed by atoms with Gasteiger partial charge in [-0.05, 0) is 215 Å². The molecule has 75 heavy (non-hydrogen) atoms. The van der Waals surface area contributed by atoms with Crippen molar-refractivity contribution in [2.75, 3.05) is 9.80 Å². The van der Waals surface area contributed by atoms with Crippen molar-refractivity contribution >= 4 is 35.0 Å². The number of allylic oxidation sites excluding steroid dienone is 13. The van der Waals surface area contributed by atoms with E-state index in [1.165, 1.54) is 100 Å². The molecule has 0 bridgehead atoms. The Morgan fingerprint density at radius 2 is 1.29 bits per heavy atom. The lowest BCUT2D eigenvalue weighted by atomic mass is 9.29. The first-order chi connectivity index (χ1) is 35.4. The van der Waals surface area contributed by atoms with Crippen LogP contribution in [-0.4, -0.2) is 12.8 Å². The van der Waals surface area contributed by atoms with Crippen LogP contribution in [-0.2, 0) is 32.5 Å². The van der Waals surface area contributed by atoms with E-state index in [0.29, 0.717) is 23.7 Å². The summed E-state index contributed by atoms with van der Waals surface area (Å²) in [6.45, 7) is 38.0. The Bertz CT molecular complexity index is 3230.